The molecule has 1 aliphatic rings. The molecule has 0 radical (unpaired) electrons. The molecule has 0 atom stereocenters. The first-order valence-corrected chi connectivity index (χ1v) is 11.1. The molecular formula is C17H22ClN5O3S. The third kappa shape index (κ3) is 5.20. The lowest BCUT2D eigenvalue weighted by molar-refractivity contribution is 0.0954. The lowest BCUT2D eigenvalue weighted by Gasteiger charge is -2.10. The number of hydrogen-bond acceptors (Lipinski definition) is 5. The Labute approximate surface area is 163 Å². The largest absolute Gasteiger partial charge is 0.352 e. The number of amides is 1. The molecule has 0 aliphatic carbocycles. The summed E-state index contributed by atoms with van der Waals surface area (Å²) in [7, 11) is -3.48. The van der Waals surface area contributed by atoms with E-state index in [4.69, 9.17) is 11.6 Å². The summed E-state index contributed by atoms with van der Waals surface area (Å²) in [5.41, 5.74) is 0.500. The normalized spacial score (nSPS) is 14.3. The quantitative estimate of drug-likeness (QED) is 0.756. The van der Waals surface area contributed by atoms with Gasteiger partial charge in [-0.15, -0.1) is 10.2 Å². The van der Waals surface area contributed by atoms with Crippen LogP contribution in [0.25, 0.3) is 0 Å². The Kier molecular flexibility index (Phi) is 6.01. The molecule has 2 N–H and O–H groups in total. The highest BCUT2D eigenvalue weighted by Gasteiger charge is 2.15. The molecule has 10 heteroatoms. The third-order valence-electron chi connectivity index (χ3n) is 4.34. The van der Waals surface area contributed by atoms with Gasteiger partial charge in [-0.05, 0) is 31.0 Å². The number of halogens is 1. The van der Waals surface area contributed by atoms with E-state index in [0.29, 0.717) is 18.5 Å². The number of sulfonamides is 1. The van der Waals surface area contributed by atoms with Crippen molar-refractivity contribution in [2.24, 2.45) is 0 Å². The standard InChI is InChI=1S/C17H22ClN5O3S/c1-27(25,26)22-14-11-12(6-7-13(14)18)17(24)19-9-8-16-21-20-15-5-3-2-4-10-23(15)16/h6-7,11,22H,2-5,8-10H2,1H3,(H,19,24). The molecule has 0 fully saturated rings. The highest BCUT2D eigenvalue weighted by molar-refractivity contribution is 7.92. The molecule has 0 saturated carbocycles. The third-order valence-corrected chi connectivity index (χ3v) is 5.26. The predicted octanol–water partition coefficient (Wildman–Crippen LogP) is 2.00. The van der Waals surface area contributed by atoms with E-state index >= 15 is 0 Å². The summed E-state index contributed by atoms with van der Waals surface area (Å²) in [6.07, 6.45) is 6.00. The van der Waals surface area contributed by atoms with Crippen LogP contribution in [0.4, 0.5) is 5.69 Å². The van der Waals surface area contributed by atoms with E-state index in [1.807, 2.05) is 0 Å². The highest BCUT2D eigenvalue weighted by Crippen LogP contribution is 2.24. The van der Waals surface area contributed by atoms with Gasteiger partial charge in [0.15, 0.2) is 0 Å². The Balaban J connectivity index is 1.62. The molecule has 146 valence electrons. The molecule has 0 spiro atoms. The van der Waals surface area contributed by atoms with E-state index in [1.165, 1.54) is 18.6 Å². The minimum absolute atomic E-state index is 0.176. The molecule has 27 heavy (non-hydrogen) atoms. The molecule has 1 aromatic heterocycles. The Morgan fingerprint density at radius 3 is 2.85 bits per heavy atom. The van der Waals surface area contributed by atoms with Crippen molar-refractivity contribution in [3.63, 3.8) is 0 Å². The second kappa shape index (κ2) is 8.26. The minimum atomic E-state index is -3.48. The van der Waals surface area contributed by atoms with E-state index in [0.717, 1.165) is 43.7 Å². The Morgan fingerprint density at radius 1 is 1.26 bits per heavy atom. The summed E-state index contributed by atoms with van der Waals surface area (Å²) in [6, 6.07) is 4.46. The van der Waals surface area contributed by atoms with Gasteiger partial charge in [-0.3, -0.25) is 9.52 Å². The second-order valence-corrected chi connectivity index (χ2v) is 8.73. The molecule has 1 amide bonds. The van der Waals surface area contributed by atoms with Gasteiger partial charge in [0, 0.05) is 31.5 Å². The Hall–Kier alpha value is -2.13. The Morgan fingerprint density at radius 2 is 2.07 bits per heavy atom. The maximum Gasteiger partial charge on any atom is 0.251 e. The fraction of sp³-hybridized carbons (Fsp3) is 0.471. The van der Waals surface area contributed by atoms with Crippen LogP contribution in [0.2, 0.25) is 5.02 Å². The fourth-order valence-corrected chi connectivity index (χ4v) is 3.85. The average Bonchev–Trinajstić information content (AvgIpc) is 2.83. The van der Waals surface area contributed by atoms with Crippen LogP contribution in [0.3, 0.4) is 0 Å². The molecule has 2 heterocycles. The van der Waals surface area contributed by atoms with Crippen molar-refractivity contribution in [3.05, 3.63) is 40.4 Å². The fourth-order valence-electron chi connectivity index (χ4n) is 3.06. The van der Waals surface area contributed by atoms with E-state index in [9.17, 15) is 13.2 Å². The summed E-state index contributed by atoms with van der Waals surface area (Å²) in [4.78, 5) is 12.4. The first-order chi connectivity index (χ1) is 12.8. The number of nitrogens with zero attached hydrogens (tertiary/aromatic N) is 3. The van der Waals surface area contributed by atoms with E-state index in [2.05, 4.69) is 24.8 Å². The molecule has 2 aromatic rings. The van der Waals surface area contributed by atoms with Gasteiger partial charge in [0.25, 0.3) is 5.91 Å². The number of aryl methyl sites for hydroxylation is 1. The molecule has 3 rings (SSSR count). The summed E-state index contributed by atoms with van der Waals surface area (Å²) < 4.78 is 27.2. The summed E-state index contributed by atoms with van der Waals surface area (Å²) >= 11 is 5.98. The first kappa shape index (κ1) is 19.6. The lowest BCUT2D eigenvalue weighted by Crippen LogP contribution is -2.26. The SMILES string of the molecule is CS(=O)(=O)Nc1cc(C(=O)NCCc2nnc3n2CCCCC3)ccc1Cl. The smallest absolute Gasteiger partial charge is 0.251 e. The predicted molar refractivity (Wildman–Crippen MR) is 104 cm³/mol. The van der Waals surface area contributed by atoms with Gasteiger partial charge in [-0.2, -0.15) is 0 Å². The van der Waals surface area contributed by atoms with Gasteiger partial charge in [0.1, 0.15) is 11.6 Å². The van der Waals surface area contributed by atoms with Crippen molar-refractivity contribution in [2.45, 2.75) is 38.6 Å². The molecule has 0 bridgehead atoms. The topological polar surface area (TPSA) is 106 Å². The molecule has 1 aliphatic heterocycles. The minimum Gasteiger partial charge on any atom is -0.352 e. The lowest BCUT2D eigenvalue weighted by atomic mass is 10.2. The van der Waals surface area contributed by atoms with Crippen molar-refractivity contribution in [3.8, 4) is 0 Å². The zero-order valence-corrected chi connectivity index (χ0v) is 16.6. The average molecular weight is 412 g/mol. The van der Waals surface area contributed by atoms with Crippen LogP contribution in [-0.2, 0) is 29.4 Å². The molecule has 0 saturated heterocycles. The van der Waals surface area contributed by atoms with Crippen LogP contribution < -0.4 is 10.0 Å². The number of hydrogen-bond donors (Lipinski definition) is 2. The van der Waals surface area contributed by atoms with E-state index in [-0.39, 0.29) is 16.6 Å². The van der Waals surface area contributed by atoms with Crippen molar-refractivity contribution in [2.75, 3.05) is 17.5 Å². The maximum atomic E-state index is 12.4. The van der Waals surface area contributed by atoms with Crippen molar-refractivity contribution in [1.29, 1.82) is 0 Å². The summed E-state index contributed by atoms with van der Waals surface area (Å²) in [5.74, 6) is 1.59. The molecule has 1 aromatic carbocycles. The van der Waals surface area contributed by atoms with Gasteiger partial charge in [-0.1, -0.05) is 18.0 Å². The van der Waals surface area contributed by atoms with Crippen LogP contribution in [-0.4, -0.2) is 41.9 Å². The number of carbonyl (C=O) groups is 1. The van der Waals surface area contributed by atoms with Crippen LogP contribution in [0.1, 0.15) is 41.3 Å². The van der Waals surface area contributed by atoms with Crippen LogP contribution in [0.5, 0.6) is 0 Å². The van der Waals surface area contributed by atoms with E-state index < -0.39 is 10.0 Å². The first-order valence-electron chi connectivity index (χ1n) is 8.80. The summed E-state index contributed by atoms with van der Waals surface area (Å²) in [6.45, 7) is 1.33. The maximum absolute atomic E-state index is 12.4. The molecular weight excluding hydrogens is 390 g/mol. The van der Waals surface area contributed by atoms with Crippen LogP contribution in [0.15, 0.2) is 18.2 Å². The van der Waals surface area contributed by atoms with Gasteiger partial charge in [0.2, 0.25) is 10.0 Å². The zero-order valence-electron chi connectivity index (χ0n) is 15.0. The number of fused-ring (bicyclic) bond motifs is 1. The van der Waals surface area contributed by atoms with Gasteiger partial charge in [0.05, 0.1) is 17.0 Å². The van der Waals surface area contributed by atoms with Crippen molar-refractivity contribution < 1.29 is 13.2 Å². The zero-order chi connectivity index (χ0) is 19.4. The van der Waals surface area contributed by atoms with Crippen molar-refractivity contribution >= 4 is 33.2 Å². The number of aromatic nitrogens is 3. The molecule has 8 nitrogen and oxygen atoms in total. The monoisotopic (exact) mass is 411 g/mol. The van der Waals surface area contributed by atoms with Crippen LogP contribution in [0, 0.1) is 0 Å². The van der Waals surface area contributed by atoms with E-state index in [1.54, 1.807) is 6.07 Å². The number of nitrogens with one attached hydrogen (secondary N) is 2. The summed E-state index contributed by atoms with van der Waals surface area (Å²) in [5, 5.41) is 11.5. The number of benzene rings is 1. The van der Waals surface area contributed by atoms with Crippen LogP contribution >= 0.6 is 11.6 Å². The van der Waals surface area contributed by atoms with Crippen molar-refractivity contribution in [1.82, 2.24) is 20.1 Å². The highest BCUT2D eigenvalue weighted by atomic mass is 35.5. The number of anilines is 1. The second-order valence-electron chi connectivity index (χ2n) is 6.57. The van der Waals surface area contributed by atoms with Gasteiger partial charge in [-0.25, -0.2) is 8.42 Å². The Bertz CT molecular complexity index is 942. The number of carbonyl (C=O) groups excluding carboxylic acids is 1. The number of rotatable bonds is 6. The van der Waals surface area contributed by atoms with Gasteiger partial charge < -0.3 is 9.88 Å². The van der Waals surface area contributed by atoms with Gasteiger partial charge >= 0.3 is 0 Å². The molecule has 0 unspecified atom stereocenters.